The van der Waals surface area contributed by atoms with E-state index in [9.17, 15) is 5.11 Å². The second-order valence-corrected chi connectivity index (χ2v) is 4.55. The van der Waals surface area contributed by atoms with Crippen molar-refractivity contribution in [2.75, 3.05) is 0 Å². The molecule has 0 aliphatic heterocycles. The number of aliphatic hydroxyl groups excluding tert-OH is 1. The number of nitrogens with zero attached hydrogens (tertiary/aromatic N) is 2. The van der Waals surface area contributed by atoms with Crippen LogP contribution < -0.4 is 0 Å². The molecule has 2 N–H and O–H groups in total. The van der Waals surface area contributed by atoms with Gasteiger partial charge in [0.1, 0.15) is 11.9 Å². The summed E-state index contributed by atoms with van der Waals surface area (Å²) in [4.78, 5) is 4.18. The molecule has 0 bridgehead atoms. The molecule has 0 aromatic carbocycles. The molecule has 0 saturated heterocycles. The Morgan fingerprint density at radius 2 is 2.08 bits per heavy atom. The molecule has 1 unspecified atom stereocenters. The second-order valence-electron chi connectivity index (χ2n) is 4.55. The van der Waals surface area contributed by atoms with E-state index in [1.54, 1.807) is 6.92 Å². The smallest absolute Gasteiger partial charge is 0.178 e. The van der Waals surface area contributed by atoms with Gasteiger partial charge in [0.2, 0.25) is 0 Å². The number of hydrogen-bond acceptors (Lipinski definition) is 3. The Kier molecular flexibility index (Phi) is 2.71. The topological polar surface area (TPSA) is 61.8 Å². The van der Waals surface area contributed by atoms with E-state index in [1.807, 2.05) is 0 Å². The van der Waals surface area contributed by atoms with Crippen molar-refractivity contribution in [3.63, 3.8) is 0 Å². The van der Waals surface area contributed by atoms with Crippen molar-refractivity contribution in [1.82, 2.24) is 15.2 Å². The first-order valence-corrected chi connectivity index (χ1v) is 4.48. The van der Waals surface area contributed by atoms with Gasteiger partial charge in [-0.05, 0) is 12.3 Å². The minimum atomic E-state index is -0.593. The highest BCUT2D eigenvalue weighted by Gasteiger charge is 2.15. The fourth-order valence-corrected chi connectivity index (χ4v) is 1.08. The van der Waals surface area contributed by atoms with Crippen LogP contribution in [0.15, 0.2) is 0 Å². The molecule has 4 heteroatoms. The predicted molar refractivity (Wildman–Crippen MR) is 50.2 cm³/mol. The maximum Gasteiger partial charge on any atom is 0.178 e. The van der Waals surface area contributed by atoms with Crippen LogP contribution in [0.4, 0.5) is 0 Å². The number of aromatic nitrogens is 3. The summed E-state index contributed by atoms with van der Waals surface area (Å²) < 4.78 is 0. The zero-order valence-electron chi connectivity index (χ0n) is 8.63. The Morgan fingerprint density at radius 1 is 1.46 bits per heavy atom. The third-order valence-corrected chi connectivity index (χ3v) is 1.62. The highest BCUT2D eigenvalue weighted by molar-refractivity contribution is 4.94. The number of aromatic amines is 1. The quantitative estimate of drug-likeness (QED) is 0.729. The van der Waals surface area contributed by atoms with E-state index < -0.39 is 6.10 Å². The second kappa shape index (κ2) is 3.46. The molecule has 13 heavy (non-hydrogen) atoms. The molecule has 1 rings (SSSR count). The van der Waals surface area contributed by atoms with Gasteiger partial charge >= 0.3 is 0 Å². The van der Waals surface area contributed by atoms with Gasteiger partial charge in [-0.2, -0.15) is 5.10 Å². The average Bonchev–Trinajstić information content (AvgIpc) is 2.31. The first-order valence-electron chi connectivity index (χ1n) is 4.48. The van der Waals surface area contributed by atoms with Crippen molar-refractivity contribution in [2.45, 2.75) is 40.2 Å². The molecule has 1 aromatic heterocycles. The molecule has 0 amide bonds. The van der Waals surface area contributed by atoms with Crippen LogP contribution in [0.3, 0.4) is 0 Å². The number of hydrogen-bond donors (Lipinski definition) is 2. The van der Waals surface area contributed by atoms with E-state index in [4.69, 9.17) is 0 Å². The fraction of sp³-hybridized carbons (Fsp3) is 0.778. The van der Waals surface area contributed by atoms with Crippen molar-refractivity contribution in [3.05, 3.63) is 11.6 Å². The Labute approximate surface area is 78.4 Å². The SMILES string of the molecule is CC(O)c1n[nH]c(CC(C)(C)C)n1. The van der Waals surface area contributed by atoms with Crippen molar-refractivity contribution in [2.24, 2.45) is 5.41 Å². The van der Waals surface area contributed by atoms with Gasteiger partial charge in [-0.15, -0.1) is 0 Å². The van der Waals surface area contributed by atoms with E-state index in [0.717, 1.165) is 12.2 Å². The van der Waals surface area contributed by atoms with Crippen LogP contribution >= 0.6 is 0 Å². The zero-order chi connectivity index (χ0) is 10.1. The summed E-state index contributed by atoms with van der Waals surface area (Å²) >= 11 is 0. The number of nitrogens with one attached hydrogen (secondary N) is 1. The van der Waals surface area contributed by atoms with E-state index in [2.05, 4.69) is 36.0 Å². The monoisotopic (exact) mass is 183 g/mol. The van der Waals surface area contributed by atoms with Gasteiger partial charge in [-0.25, -0.2) is 4.98 Å². The summed E-state index contributed by atoms with van der Waals surface area (Å²) in [6.45, 7) is 8.07. The Bertz CT molecular complexity index is 273. The van der Waals surface area contributed by atoms with Crippen LogP contribution in [-0.4, -0.2) is 20.3 Å². The molecule has 0 fully saturated rings. The highest BCUT2D eigenvalue weighted by atomic mass is 16.3. The molecule has 0 aliphatic rings. The highest BCUT2D eigenvalue weighted by Crippen LogP contribution is 2.18. The molecule has 74 valence electrons. The number of rotatable bonds is 2. The number of aliphatic hydroxyl groups is 1. The third-order valence-electron chi connectivity index (χ3n) is 1.62. The predicted octanol–water partition coefficient (Wildman–Crippen LogP) is 1.45. The Morgan fingerprint density at radius 3 is 2.46 bits per heavy atom. The largest absolute Gasteiger partial charge is 0.385 e. The van der Waals surface area contributed by atoms with Crippen LogP contribution in [0, 0.1) is 5.41 Å². The molecule has 0 aliphatic carbocycles. The van der Waals surface area contributed by atoms with Crippen molar-refractivity contribution >= 4 is 0 Å². The van der Waals surface area contributed by atoms with Crippen LogP contribution in [-0.2, 0) is 6.42 Å². The minimum Gasteiger partial charge on any atom is -0.385 e. The van der Waals surface area contributed by atoms with E-state index in [1.165, 1.54) is 0 Å². The zero-order valence-corrected chi connectivity index (χ0v) is 8.63. The molecule has 1 aromatic rings. The van der Waals surface area contributed by atoms with Crippen LogP contribution in [0.1, 0.15) is 45.4 Å². The molecule has 4 nitrogen and oxygen atoms in total. The molecule has 1 heterocycles. The Balaban J connectivity index is 2.70. The lowest BCUT2D eigenvalue weighted by atomic mass is 9.92. The average molecular weight is 183 g/mol. The summed E-state index contributed by atoms with van der Waals surface area (Å²) in [6, 6.07) is 0. The van der Waals surface area contributed by atoms with Gasteiger partial charge in [0.05, 0.1) is 0 Å². The molecule has 0 radical (unpaired) electrons. The van der Waals surface area contributed by atoms with Crippen LogP contribution in [0.5, 0.6) is 0 Å². The summed E-state index contributed by atoms with van der Waals surface area (Å²) in [5.41, 5.74) is 0.190. The van der Waals surface area contributed by atoms with Crippen molar-refractivity contribution in [1.29, 1.82) is 0 Å². The standard InChI is InChI=1S/C9H17N3O/c1-6(13)8-10-7(11-12-8)5-9(2,3)4/h6,13H,5H2,1-4H3,(H,10,11,12). The fourth-order valence-electron chi connectivity index (χ4n) is 1.08. The van der Waals surface area contributed by atoms with Gasteiger partial charge in [0.15, 0.2) is 5.82 Å². The van der Waals surface area contributed by atoms with E-state index in [-0.39, 0.29) is 5.41 Å². The lowest BCUT2D eigenvalue weighted by Crippen LogP contribution is -2.10. The first-order chi connectivity index (χ1) is 5.88. The van der Waals surface area contributed by atoms with Crippen LogP contribution in [0.2, 0.25) is 0 Å². The van der Waals surface area contributed by atoms with Gasteiger partial charge < -0.3 is 5.11 Å². The van der Waals surface area contributed by atoms with Crippen molar-refractivity contribution in [3.8, 4) is 0 Å². The number of H-pyrrole nitrogens is 1. The summed E-state index contributed by atoms with van der Waals surface area (Å²) in [5.74, 6) is 1.31. The van der Waals surface area contributed by atoms with Crippen molar-refractivity contribution < 1.29 is 5.11 Å². The molecular weight excluding hydrogens is 166 g/mol. The van der Waals surface area contributed by atoms with Gasteiger partial charge in [0.25, 0.3) is 0 Å². The summed E-state index contributed by atoms with van der Waals surface area (Å²) in [5, 5.41) is 15.9. The lowest BCUT2D eigenvalue weighted by Gasteiger charge is -2.15. The molecule has 0 spiro atoms. The molecular formula is C9H17N3O. The summed E-state index contributed by atoms with van der Waals surface area (Å²) in [6.07, 6.45) is 0.247. The van der Waals surface area contributed by atoms with Gasteiger partial charge in [0, 0.05) is 6.42 Å². The van der Waals surface area contributed by atoms with Gasteiger partial charge in [-0.3, -0.25) is 5.10 Å². The first kappa shape index (κ1) is 10.2. The Hall–Kier alpha value is -0.900. The van der Waals surface area contributed by atoms with E-state index >= 15 is 0 Å². The van der Waals surface area contributed by atoms with Gasteiger partial charge in [-0.1, -0.05) is 20.8 Å². The maximum atomic E-state index is 9.19. The molecule has 0 saturated carbocycles. The third kappa shape index (κ3) is 3.14. The normalized spacial score (nSPS) is 14.5. The van der Waals surface area contributed by atoms with Crippen LogP contribution in [0.25, 0.3) is 0 Å². The molecule has 1 atom stereocenters. The lowest BCUT2D eigenvalue weighted by molar-refractivity contribution is 0.189. The summed E-state index contributed by atoms with van der Waals surface area (Å²) in [7, 11) is 0. The van der Waals surface area contributed by atoms with E-state index in [0.29, 0.717) is 5.82 Å². The maximum absolute atomic E-state index is 9.19. The minimum absolute atomic E-state index is 0.190.